The number of nitrogens with two attached hydrogens (primary N) is 1. The van der Waals surface area contributed by atoms with Crippen molar-refractivity contribution < 1.29 is 9.59 Å². The third kappa shape index (κ3) is 4.30. The Kier molecular flexibility index (Phi) is 5.71. The van der Waals surface area contributed by atoms with Gasteiger partial charge in [-0.2, -0.15) is 0 Å². The number of aromatic nitrogens is 3. The topological polar surface area (TPSA) is 114 Å². The van der Waals surface area contributed by atoms with E-state index in [1.165, 1.54) is 11.3 Å². The Morgan fingerprint density at radius 2 is 2.10 bits per heavy atom. The lowest BCUT2D eigenvalue weighted by molar-refractivity contribution is -0.122. The molecule has 154 valence electrons. The van der Waals surface area contributed by atoms with Crippen LogP contribution in [0.5, 0.6) is 0 Å². The fraction of sp³-hybridized carbons (Fsp3) is 0.286. The van der Waals surface area contributed by atoms with Crippen molar-refractivity contribution in [2.75, 3.05) is 23.3 Å². The molecule has 0 aliphatic carbocycles. The summed E-state index contributed by atoms with van der Waals surface area (Å²) in [5.41, 5.74) is 7.45. The molecule has 4 rings (SSSR count). The highest BCUT2D eigenvalue weighted by Gasteiger charge is 2.24. The van der Waals surface area contributed by atoms with Crippen LogP contribution in [0.3, 0.4) is 0 Å². The second kappa shape index (κ2) is 8.58. The summed E-state index contributed by atoms with van der Waals surface area (Å²) in [7, 11) is 0. The van der Waals surface area contributed by atoms with Crippen molar-refractivity contribution in [3.8, 4) is 10.7 Å². The first kappa shape index (κ1) is 20.0. The number of hydrogen-bond acceptors (Lipinski definition) is 7. The molecule has 30 heavy (non-hydrogen) atoms. The van der Waals surface area contributed by atoms with Crippen LogP contribution in [0.4, 0.5) is 11.5 Å². The molecule has 1 fully saturated rings. The largest absolute Gasteiger partial charge is 0.369 e. The minimum absolute atomic E-state index is 0.150. The Hall–Kier alpha value is -3.33. The number of nitrogens with zero attached hydrogens (tertiary/aromatic N) is 4. The molecule has 3 aromatic heterocycles. The average molecular weight is 423 g/mol. The minimum atomic E-state index is -0.270. The molecule has 1 aliphatic heterocycles. The van der Waals surface area contributed by atoms with Crippen LogP contribution in [-0.4, -0.2) is 39.9 Å². The second-order valence-corrected chi connectivity index (χ2v) is 8.19. The number of rotatable bonds is 5. The van der Waals surface area contributed by atoms with Crippen molar-refractivity contribution >= 4 is 34.7 Å². The lowest BCUT2D eigenvalue weighted by Crippen LogP contribution is -2.41. The standard InChI is InChI=1S/C21H22N6O2S/c1-13-18(30-21(25-13)16-6-2-3-9-23-16)20(29)26-15-7-8-17(24-11-15)27-10-4-5-14(12-27)19(22)28/h2-3,6-9,11,14H,4-5,10,12H2,1H3,(H2,22,28)(H,26,29). The molecular weight excluding hydrogens is 400 g/mol. The van der Waals surface area contributed by atoms with Crippen molar-refractivity contribution in [2.24, 2.45) is 11.7 Å². The zero-order valence-corrected chi connectivity index (χ0v) is 17.4. The Bertz CT molecular complexity index is 1050. The zero-order valence-electron chi connectivity index (χ0n) is 16.5. The highest BCUT2D eigenvalue weighted by Crippen LogP contribution is 2.27. The van der Waals surface area contributed by atoms with Gasteiger partial charge in [-0.3, -0.25) is 14.6 Å². The monoisotopic (exact) mass is 422 g/mol. The number of primary amides is 1. The van der Waals surface area contributed by atoms with E-state index in [0.717, 1.165) is 30.9 Å². The molecule has 0 bridgehead atoms. The molecule has 0 aromatic carbocycles. The molecule has 1 unspecified atom stereocenters. The quantitative estimate of drug-likeness (QED) is 0.653. The number of carbonyl (C=O) groups excluding carboxylic acids is 2. The van der Waals surface area contributed by atoms with Gasteiger partial charge in [-0.25, -0.2) is 9.97 Å². The van der Waals surface area contributed by atoms with Gasteiger partial charge >= 0.3 is 0 Å². The van der Waals surface area contributed by atoms with Crippen molar-refractivity contribution in [3.05, 3.63) is 53.3 Å². The first-order valence-corrected chi connectivity index (χ1v) is 10.5. The number of aryl methyl sites for hydroxylation is 1. The highest BCUT2D eigenvalue weighted by atomic mass is 32.1. The first-order valence-electron chi connectivity index (χ1n) is 9.72. The molecule has 8 nitrogen and oxygen atoms in total. The van der Waals surface area contributed by atoms with Gasteiger partial charge in [0.1, 0.15) is 15.7 Å². The van der Waals surface area contributed by atoms with Gasteiger partial charge in [-0.05, 0) is 44.0 Å². The molecule has 2 amide bonds. The van der Waals surface area contributed by atoms with Gasteiger partial charge in [0, 0.05) is 19.3 Å². The third-order valence-corrected chi connectivity index (χ3v) is 6.22. The van der Waals surface area contributed by atoms with Crippen LogP contribution in [0, 0.1) is 12.8 Å². The van der Waals surface area contributed by atoms with Gasteiger partial charge in [-0.15, -0.1) is 11.3 Å². The van der Waals surface area contributed by atoms with Crippen LogP contribution in [0.2, 0.25) is 0 Å². The van der Waals surface area contributed by atoms with Crippen LogP contribution < -0.4 is 16.0 Å². The van der Waals surface area contributed by atoms with Crippen LogP contribution in [-0.2, 0) is 4.79 Å². The Morgan fingerprint density at radius 1 is 1.23 bits per heavy atom. The maximum atomic E-state index is 12.7. The summed E-state index contributed by atoms with van der Waals surface area (Å²) in [6.45, 7) is 3.22. The number of anilines is 2. The van der Waals surface area contributed by atoms with Crippen LogP contribution in [0.25, 0.3) is 10.7 Å². The predicted molar refractivity (Wildman–Crippen MR) is 116 cm³/mol. The average Bonchev–Trinajstić information content (AvgIpc) is 3.17. The summed E-state index contributed by atoms with van der Waals surface area (Å²) in [4.78, 5) is 40.0. The molecule has 4 heterocycles. The minimum Gasteiger partial charge on any atom is -0.369 e. The van der Waals surface area contributed by atoms with Gasteiger partial charge in [0.05, 0.1) is 29.2 Å². The van der Waals surface area contributed by atoms with Gasteiger partial charge in [0.2, 0.25) is 5.91 Å². The molecule has 0 saturated carbocycles. The maximum Gasteiger partial charge on any atom is 0.267 e. The molecule has 0 spiro atoms. The molecule has 3 aromatic rings. The van der Waals surface area contributed by atoms with Crippen molar-refractivity contribution in [2.45, 2.75) is 19.8 Å². The van der Waals surface area contributed by atoms with Crippen LogP contribution in [0.1, 0.15) is 28.2 Å². The molecule has 9 heteroatoms. The third-order valence-electron chi connectivity index (χ3n) is 5.04. The van der Waals surface area contributed by atoms with Gasteiger partial charge in [0.15, 0.2) is 0 Å². The molecular formula is C21H22N6O2S. The van der Waals surface area contributed by atoms with Crippen LogP contribution in [0.15, 0.2) is 42.7 Å². The molecule has 1 saturated heterocycles. The number of hydrogen-bond donors (Lipinski definition) is 2. The van der Waals surface area contributed by atoms with Crippen molar-refractivity contribution in [3.63, 3.8) is 0 Å². The summed E-state index contributed by atoms with van der Waals surface area (Å²) in [5.74, 6) is 0.120. The van der Waals surface area contributed by atoms with Gasteiger partial charge in [0.25, 0.3) is 5.91 Å². The van der Waals surface area contributed by atoms with E-state index in [1.807, 2.05) is 37.3 Å². The van der Waals surface area contributed by atoms with Crippen LogP contribution >= 0.6 is 11.3 Å². The number of thiazole rings is 1. The molecule has 3 N–H and O–H groups in total. The van der Waals surface area contributed by atoms with E-state index in [2.05, 4.69) is 25.2 Å². The molecule has 1 atom stereocenters. The van der Waals surface area contributed by atoms with E-state index in [9.17, 15) is 9.59 Å². The van der Waals surface area contributed by atoms with Crippen molar-refractivity contribution in [1.29, 1.82) is 0 Å². The Labute approximate surface area is 178 Å². The smallest absolute Gasteiger partial charge is 0.267 e. The highest BCUT2D eigenvalue weighted by molar-refractivity contribution is 7.17. The molecule has 1 aliphatic rings. The lowest BCUT2D eigenvalue weighted by atomic mass is 9.97. The number of nitrogens with one attached hydrogen (secondary N) is 1. The summed E-state index contributed by atoms with van der Waals surface area (Å²) < 4.78 is 0. The lowest BCUT2D eigenvalue weighted by Gasteiger charge is -2.32. The predicted octanol–water partition coefficient (Wildman–Crippen LogP) is 2.86. The summed E-state index contributed by atoms with van der Waals surface area (Å²) in [5, 5.41) is 3.59. The van der Waals surface area contributed by atoms with E-state index in [0.29, 0.717) is 27.8 Å². The van der Waals surface area contributed by atoms with E-state index < -0.39 is 0 Å². The fourth-order valence-corrected chi connectivity index (χ4v) is 4.40. The summed E-state index contributed by atoms with van der Waals surface area (Å²) >= 11 is 1.31. The number of piperidine rings is 1. The zero-order chi connectivity index (χ0) is 21.1. The molecule has 0 radical (unpaired) electrons. The van der Waals surface area contributed by atoms with Gasteiger partial charge < -0.3 is 16.0 Å². The number of pyridine rings is 2. The second-order valence-electron chi connectivity index (χ2n) is 7.20. The first-order chi connectivity index (χ1) is 14.5. The summed E-state index contributed by atoms with van der Waals surface area (Å²) in [6.07, 6.45) is 5.04. The number of carbonyl (C=O) groups is 2. The van der Waals surface area contributed by atoms with E-state index in [4.69, 9.17) is 5.73 Å². The van der Waals surface area contributed by atoms with E-state index in [-0.39, 0.29) is 17.7 Å². The van der Waals surface area contributed by atoms with E-state index in [1.54, 1.807) is 12.4 Å². The maximum absolute atomic E-state index is 12.7. The Morgan fingerprint density at radius 3 is 2.80 bits per heavy atom. The summed E-state index contributed by atoms with van der Waals surface area (Å²) in [6, 6.07) is 9.25. The normalized spacial score (nSPS) is 16.3. The van der Waals surface area contributed by atoms with Gasteiger partial charge in [-0.1, -0.05) is 6.07 Å². The SMILES string of the molecule is Cc1nc(-c2ccccn2)sc1C(=O)Nc1ccc(N2CCCC(C(N)=O)C2)nc1. The number of amides is 2. The fourth-order valence-electron chi connectivity index (χ4n) is 3.46. The van der Waals surface area contributed by atoms with E-state index >= 15 is 0 Å². The van der Waals surface area contributed by atoms with Crippen molar-refractivity contribution in [1.82, 2.24) is 15.0 Å². The Balaban J connectivity index is 1.44.